The number of rotatable bonds is 2. The predicted molar refractivity (Wildman–Crippen MR) is 77.2 cm³/mol. The quantitative estimate of drug-likeness (QED) is 0.570. The second kappa shape index (κ2) is 6.64. The molecule has 0 aliphatic carbocycles. The van der Waals surface area contributed by atoms with Crippen molar-refractivity contribution in [2.75, 3.05) is 6.54 Å². The zero-order valence-corrected chi connectivity index (χ0v) is 10.6. The second-order valence-corrected chi connectivity index (χ2v) is 4.07. The number of hydrogen-bond donors (Lipinski definition) is 0. The minimum Gasteiger partial charge on any atom is -0.280 e. The molecule has 1 nitrogen and oxygen atoms in total. The van der Waals surface area contributed by atoms with Crippen LogP contribution in [0, 0.1) is 11.8 Å². The molecule has 0 heterocycles. The van der Waals surface area contributed by atoms with E-state index < -0.39 is 0 Å². The normalized spacial score (nSPS) is 10.1. The Balaban J connectivity index is 1.94. The van der Waals surface area contributed by atoms with Gasteiger partial charge in [-0.2, -0.15) is 0 Å². The summed E-state index contributed by atoms with van der Waals surface area (Å²) in [6.45, 7) is 0.472. The summed E-state index contributed by atoms with van der Waals surface area (Å²) in [5.41, 5.74) is 1.92. The lowest BCUT2D eigenvalue weighted by Crippen LogP contribution is -1.83. The van der Waals surface area contributed by atoms with Gasteiger partial charge in [-0.3, -0.25) is 4.99 Å². The Bertz CT molecular complexity index is 591. The summed E-state index contributed by atoms with van der Waals surface area (Å²) in [6, 6.07) is 17.5. The van der Waals surface area contributed by atoms with Crippen LogP contribution in [0.3, 0.4) is 0 Å². The largest absolute Gasteiger partial charge is 0.280 e. The fourth-order valence-electron chi connectivity index (χ4n) is 1.43. The van der Waals surface area contributed by atoms with Gasteiger partial charge in [-0.15, -0.1) is 0 Å². The van der Waals surface area contributed by atoms with Gasteiger partial charge in [-0.05, 0) is 18.2 Å². The van der Waals surface area contributed by atoms with Crippen molar-refractivity contribution in [1.82, 2.24) is 0 Å². The highest BCUT2D eigenvalue weighted by molar-refractivity contribution is 6.33. The number of hydrogen-bond acceptors (Lipinski definition) is 1. The summed E-state index contributed by atoms with van der Waals surface area (Å²) in [6.07, 6.45) is 1.75. The lowest BCUT2D eigenvalue weighted by atomic mass is 10.2. The Kier molecular flexibility index (Phi) is 4.58. The molecule has 0 saturated carbocycles. The summed E-state index contributed by atoms with van der Waals surface area (Å²) in [4.78, 5) is 4.23. The molecule has 2 rings (SSSR count). The maximum Gasteiger partial charge on any atom is 0.100 e. The number of benzene rings is 2. The van der Waals surface area contributed by atoms with Gasteiger partial charge < -0.3 is 0 Å². The van der Waals surface area contributed by atoms with E-state index in [1.165, 1.54) is 0 Å². The third-order valence-electron chi connectivity index (χ3n) is 2.31. The van der Waals surface area contributed by atoms with E-state index >= 15 is 0 Å². The molecule has 18 heavy (non-hydrogen) atoms. The molecular weight excluding hydrogens is 242 g/mol. The molecule has 0 spiro atoms. The molecule has 0 radical (unpaired) electrons. The number of aliphatic imine (C=N–C) groups is 1. The van der Waals surface area contributed by atoms with E-state index in [-0.39, 0.29) is 0 Å². The first-order valence-electron chi connectivity index (χ1n) is 5.64. The van der Waals surface area contributed by atoms with Crippen molar-refractivity contribution in [3.63, 3.8) is 0 Å². The minimum atomic E-state index is 0.472. The van der Waals surface area contributed by atoms with Crippen LogP contribution in [0.15, 0.2) is 59.6 Å². The highest BCUT2D eigenvalue weighted by Crippen LogP contribution is 2.12. The van der Waals surface area contributed by atoms with Gasteiger partial charge >= 0.3 is 0 Å². The molecule has 0 bridgehead atoms. The lowest BCUT2D eigenvalue weighted by Gasteiger charge is -1.94. The molecule has 0 fully saturated rings. The van der Waals surface area contributed by atoms with Crippen LogP contribution in [-0.2, 0) is 0 Å². The molecular formula is C16H12ClN. The van der Waals surface area contributed by atoms with E-state index in [0.717, 1.165) is 11.1 Å². The van der Waals surface area contributed by atoms with Crippen LogP contribution in [-0.4, -0.2) is 12.8 Å². The van der Waals surface area contributed by atoms with Gasteiger partial charge in [0.05, 0.1) is 0 Å². The van der Waals surface area contributed by atoms with Crippen LogP contribution < -0.4 is 0 Å². The average Bonchev–Trinajstić information content (AvgIpc) is 2.42. The molecule has 2 heteroatoms. The van der Waals surface area contributed by atoms with E-state index in [2.05, 4.69) is 16.8 Å². The average molecular weight is 254 g/mol. The SMILES string of the molecule is Clc1ccccc1/C=N/CC#Cc1ccccc1. The molecule has 0 aliphatic rings. The van der Waals surface area contributed by atoms with Crippen molar-refractivity contribution in [3.05, 3.63) is 70.7 Å². The fourth-order valence-corrected chi connectivity index (χ4v) is 1.62. The molecule has 0 atom stereocenters. The Morgan fingerprint density at radius 1 is 1.00 bits per heavy atom. The Morgan fingerprint density at radius 2 is 1.72 bits per heavy atom. The van der Waals surface area contributed by atoms with Gasteiger partial charge in [0.1, 0.15) is 6.54 Å². The zero-order chi connectivity index (χ0) is 12.6. The summed E-state index contributed by atoms with van der Waals surface area (Å²) < 4.78 is 0. The van der Waals surface area contributed by atoms with Crippen molar-refractivity contribution in [2.24, 2.45) is 4.99 Å². The molecule has 88 valence electrons. The van der Waals surface area contributed by atoms with Crippen LogP contribution in [0.2, 0.25) is 5.02 Å². The van der Waals surface area contributed by atoms with Crippen LogP contribution in [0.1, 0.15) is 11.1 Å². The van der Waals surface area contributed by atoms with Crippen LogP contribution >= 0.6 is 11.6 Å². The fraction of sp³-hybridized carbons (Fsp3) is 0.0625. The zero-order valence-electron chi connectivity index (χ0n) is 9.81. The number of nitrogens with zero attached hydrogens (tertiary/aromatic N) is 1. The lowest BCUT2D eigenvalue weighted by molar-refractivity contribution is 1.30. The first kappa shape index (κ1) is 12.4. The van der Waals surface area contributed by atoms with Gasteiger partial charge in [0.2, 0.25) is 0 Å². The molecule has 0 aromatic heterocycles. The van der Waals surface area contributed by atoms with Crippen molar-refractivity contribution < 1.29 is 0 Å². The summed E-state index contributed by atoms with van der Waals surface area (Å²) in [7, 11) is 0. The second-order valence-electron chi connectivity index (χ2n) is 3.66. The van der Waals surface area contributed by atoms with Crippen molar-refractivity contribution >= 4 is 17.8 Å². The molecule has 0 amide bonds. The van der Waals surface area contributed by atoms with Gasteiger partial charge in [0.15, 0.2) is 0 Å². The topological polar surface area (TPSA) is 12.4 Å². The number of halogens is 1. The molecule has 2 aromatic carbocycles. The Morgan fingerprint density at radius 3 is 2.50 bits per heavy atom. The van der Waals surface area contributed by atoms with Crippen molar-refractivity contribution in [3.8, 4) is 11.8 Å². The highest BCUT2D eigenvalue weighted by Gasteiger charge is 1.92. The summed E-state index contributed by atoms with van der Waals surface area (Å²) in [5, 5.41) is 0.706. The van der Waals surface area contributed by atoms with Crippen LogP contribution in [0.25, 0.3) is 0 Å². The molecule has 2 aromatic rings. The first-order chi connectivity index (χ1) is 8.86. The Labute approximate surface area is 112 Å². The monoisotopic (exact) mass is 253 g/mol. The molecule has 0 unspecified atom stereocenters. The highest BCUT2D eigenvalue weighted by atomic mass is 35.5. The molecule has 0 aliphatic heterocycles. The molecule has 0 N–H and O–H groups in total. The third-order valence-corrected chi connectivity index (χ3v) is 2.66. The standard InChI is InChI=1S/C16H12ClN/c17-16-11-5-4-10-15(16)13-18-12-6-9-14-7-2-1-3-8-14/h1-5,7-8,10-11,13H,12H2/b18-13+. The first-order valence-corrected chi connectivity index (χ1v) is 6.02. The maximum absolute atomic E-state index is 6.01. The van der Waals surface area contributed by atoms with Crippen molar-refractivity contribution in [2.45, 2.75) is 0 Å². The smallest absolute Gasteiger partial charge is 0.100 e. The summed E-state index contributed by atoms with van der Waals surface area (Å²) in [5.74, 6) is 6.05. The van der Waals surface area contributed by atoms with Gasteiger partial charge in [-0.1, -0.05) is 59.8 Å². The van der Waals surface area contributed by atoms with Gasteiger partial charge in [-0.25, -0.2) is 0 Å². The van der Waals surface area contributed by atoms with Gasteiger partial charge in [0, 0.05) is 22.4 Å². The van der Waals surface area contributed by atoms with Crippen molar-refractivity contribution in [1.29, 1.82) is 0 Å². The van der Waals surface area contributed by atoms with Gasteiger partial charge in [0.25, 0.3) is 0 Å². The maximum atomic E-state index is 6.01. The Hall–Kier alpha value is -2.04. The van der Waals surface area contributed by atoms with E-state index in [1.807, 2.05) is 54.6 Å². The predicted octanol–water partition coefficient (Wildman–Crippen LogP) is 3.81. The van der Waals surface area contributed by atoms with Crippen LogP contribution in [0.5, 0.6) is 0 Å². The summed E-state index contributed by atoms with van der Waals surface area (Å²) >= 11 is 6.01. The van der Waals surface area contributed by atoms with E-state index in [9.17, 15) is 0 Å². The third kappa shape index (κ3) is 3.76. The minimum absolute atomic E-state index is 0.472. The molecule has 0 saturated heterocycles. The van der Waals surface area contributed by atoms with E-state index in [1.54, 1.807) is 6.21 Å². The van der Waals surface area contributed by atoms with Crippen LogP contribution in [0.4, 0.5) is 0 Å². The van der Waals surface area contributed by atoms with E-state index in [0.29, 0.717) is 11.6 Å². The van der Waals surface area contributed by atoms with E-state index in [4.69, 9.17) is 11.6 Å².